The van der Waals surface area contributed by atoms with E-state index in [1.165, 1.54) is 6.26 Å². The van der Waals surface area contributed by atoms with Crippen LogP contribution in [-0.4, -0.2) is 44.2 Å². The molecule has 1 aromatic rings. The first-order valence-corrected chi connectivity index (χ1v) is 7.39. The van der Waals surface area contributed by atoms with E-state index in [4.69, 9.17) is 28.1 Å². The third-order valence-electron chi connectivity index (χ3n) is 3.99. The van der Waals surface area contributed by atoms with Gasteiger partial charge in [-0.25, -0.2) is 4.39 Å². The van der Waals surface area contributed by atoms with Gasteiger partial charge in [-0.3, -0.25) is 0 Å². The van der Waals surface area contributed by atoms with E-state index in [-0.39, 0.29) is 18.8 Å². The fourth-order valence-corrected chi connectivity index (χ4v) is 2.85. The van der Waals surface area contributed by atoms with Crippen LogP contribution >= 0.6 is 0 Å². The molecule has 3 rings (SSSR count). The normalized spacial score (nSPS) is 37.5. The van der Waals surface area contributed by atoms with Crippen molar-refractivity contribution in [2.24, 2.45) is 0 Å². The highest BCUT2D eigenvalue weighted by Gasteiger charge is 2.56. The van der Waals surface area contributed by atoms with Crippen LogP contribution in [-0.2, 0) is 25.6 Å². The summed E-state index contributed by atoms with van der Waals surface area (Å²) in [5.74, 6) is -0.0495. The van der Waals surface area contributed by atoms with Crippen LogP contribution in [0.3, 0.4) is 0 Å². The van der Waals surface area contributed by atoms with Gasteiger partial charge in [0.05, 0.1) is 19.5 Å². The highest BCUT2D eigenvalue weighted by Crippen LogP contribution is 2.40. The quantitative estimate of drug-likeness (QED) is 0.803. The lowest BCUT2D eigenvalue weighted by atomic mass is 10.1. The molecule has 2 fully saturated rings. The van der Waals surface area contributed by atoms with E-state index in [0.29, 0.717) is 11.5 Å². The summed E-state index contributed by atoms with van der Waals surface area (Å²) in [6.07, 6.45) is 0.712. The molecule has 6 nitrogen and oxygen atoms in total. The Labute approximate surface area is 128 Å². The molecule has 5 atom stereocenters. The zero-order chi connectivity index (χ0) is 15.7. The second-order valence-electron chi connectivity index (χ2n) is 5.61. The van der Waals surface area contributed by atoms with Crippen LogP contribution in [0.1, 0.15) is 26.0 Å². The summed E-state index contributed by atoms with van der Waals surface area (Å²) >= 11 is 0. The van der Waals surface area contributed by atoms with Crippen molar-refractivity contribution < 1.29 is 32.5 Å². The monoisotopic (exact) mass is 316 g/mol. The maximum Gasteiger partial charge on any atom is 0.197 e. The molecule has 1 unspecified atom stereocenters. The number of halogens is 1. The minimum atomic E-state index is -1.27. The Kier molecular flexibility index (Phi) is 4.40. The molecule has 2 aliphatic heterocycles. The van der Waals surface area contributed by atoms with Crippen molar-refractivity contribution in [3.8, 4) is 5.75 Å². The number of hydrogen-bond acceptors (Lipinski definition) is 6. The Morgan fingerprint density at radius 2 is 2.18 bits per heavy atom. The van der Waals surface area contributed by atoms with Gasteiger partial charge in [0.1, 0.15) is 25.5 Å². The number of rotatable bonds is 6. The molecule has 0 bridgehead atoms. The van der Waals surface area contributed by atoms with Crippen LogP contribution < -0.4 is 4.74 Å². The van der Waals surface area contributed by atoms with Gasteiger partial charge in [-0.1, -0.05) is 6.92 Å². The average Bonchev–Trinajstić information content (AvgIpc) is 3.17. The smallest absolute Gasteiger partial charge is 0.197 e. The number of fused-ring (bicyclic) bond motifs is 1. The van der Waals surface area contributed by atoms with Crippen LogP contribution in [0, 0.1) is 0 Å². The Balaban J connectivity index is 1.68. The molecule has 0 N–H and O–H groups in total. The molecule has 7 heteroatoms. The third kappa shape index (κ3) is 2.74. The van der Waals surface area contributed by atoms with Gasteiger partial charge in [0, 0.05) is 6.07 Å². The zero-order valence-electron chi connectivity index (χ0n) is 12.9. The minimum Gasteiger partial charge on any atom is -0.493 e. The standard InChI is InChI=1S/C15H21FO6/c1-4-9-12(19-7-11-10(17-3)5-6-18-11)13-14(20-9)22-15(2,8-16)21-13/h5-6,9,12-14H,4,7-8H2,1-3H3/t9-,12+,13-,14-,15?/m1/s1. The van der Waals surface area contributed by atoms with Crippen molar-refractivity contribution in [3.05, 3.63) is 18.1 Å². The van der Waals surface area contributed by atoms with Crippen molar-refractivity contribution in [2.45, 2.75) is 57.3 Å². The van der Waals surface area contributed by atoms with E-state index in [0.717, 1.165) is 6.42 Å². The van der Waals surface area contributed by atoms with E-state index in [2.05, 4.69) is 0 Å². The highest BCUT2D eigenvalue weighted by atomic mass is 19.1. The summed E-state index contributed by atoms with van der Waals surface area (Å²) in [5.41, 5.74) is 0. The molecule has 0 saturated carbocycles. The first-order valence-electron chi connectivity index (χ1n) is 7.39. The van der Waals surface area contributed by atoms with Crippen molar-refractivity contribution in [1.29, 1.82) is 0 Å². The third-order valence-corrected chi connectivity index (χ3v) is 3.99. The van der Waals surface area contributed by atoms with Crippen LogP contribution in [0.2, 0.25) is 0 Å². The van der Waals surface area contributed by atoms with Gasteiger partial charge < -0.3 is 28.1 Å². The SMILES string of the molecule is CC[C@H]1O[C@@H]2OC(C)(CF)O[C@@H]2[C@H]1OCc1occc1OC. The molecular formula is C15H21FO6. The zero-order valence-corrected chi connectivity index (χ0v) is 12.9. The maximum atomic E-state index is 13.0. The van der Waals surface area contributed by atoms with Gasteiger partial charge in [0.2, 0.25) is 0 Å². The van der Waals surface area contributed by atoms with Crippen molar-refractivity contribution in [3.63, 3.8) is 0 Å². The molecule has 0 spiro atoms. The second-order valence-corrected chi connectivity index (χ2v) is 5.61. The van der Waals surface area contributed by atoms with Crippen molar-refractivity contribution >= 4 is 0 Å². The molecule has 0 radical (unpaired) electrons. The lowest BCUT2D eigenvalue weighted by molar-refractivity contribution is -0.234. The summed E-state index contributed by atoms with van der Waals surface area (Å²) < 4.78 is 46.4. The lowest BCUT2D eigenvalue weighted by Gasteiger charge is -2.25. The van der Waals surface area contributed by atoms with Gasteiger partial charge in [-0.15, -0.1) is 0 Å². The number of methoxy groups -OCH3 is 1. The first kappa shape index (κ1) is 15.7. The van der Waals surface area contributed by atoms with Crippen molar-refractivity contribution in [2.75, 3.05) is 13.8 Å². The summed E-state index contributed by atoms with van der Waals surface area (Å²) in [5, 5.41) is 0. The molecule has 0 amide bonds. The van der Waals surface area contributed by atoms with E-state index in [9.17, 15) is 4.39 Å². The van der Waals surface area contributed by atoms with Gasteiger partial charge in [0.15, 0.2) is 23.6 Å². The second kappa shape index (κ2) is 6.16. The number of ether oxygens (including phenoxy) is 5. The van der Waals surface area contributed by atoms with E-state index >= 15 is 0 Å². The molecule has 22 heavy (non-hydrogen) atoms. The van der Waals surface area contributed by atoms with Gasteiger partial charge in [0.25, 0.3) is 0 Å². The summed E-state index contributed by atoms with van der Waals surface area (Å²) in [7, 11) is 1.57. The maximum absolute atomic E-state index is 13.0. The van der Waals surface area contributed by atoms with Crippen LogP contribution in [0.4, 0.5) is 4.39 Å². The number of furan rings is 1. The van der Waals surface area contributed by atoms with E-state index in [1.54, 1.807) is 20.1 Å². The Morgan fingerprint density at radius 1 is 1.36 bits per heavy atom. The Hall–Kier alpha value is -1.15. The highest BCUT2D eigenvalue weighted by molar-refractivity contribution is 5.23. The van der Waals surface area contributed by atoms with Gasteiger partial charge in [-0.05, 0) is 13.3 Å². The fourth-order valence-electron chi connectivity index (χ4n) is 2.85. The topological polar surface area (TPSA) is 59.3 Å². The molecule has 0 aromatic carbocycles. The summed E-state index contributed by atoms with van der Waals surface area (Å²) in [6, 6.07) is 1.72. The summed E-state index contributed by atoms with van der Waals surface area (Å²) in [4.78, 5) is 0. The van der Waals surface area contributed by atoms with Gasteiger partial charge >= 0.3 is 0 Å². The average molecular weight is 316 g/mol. The molecule has 1 aromatic heterocycles. The first-order chi connectivity index (χ1) is 10.6. The van der Waals surface area contributed by atoms with Crippen molar-refractivity contribution in [1.82, 2.24) is 0 Å². The molecule has 2 aliphatic rings. The predicted octanol–water partition coefficient (Wildman–Crippen LogP) is 2.41. The van der Waals surface area contributed by atoms with Crippen LogP contribution in [0.15, 0.2) is 16.7 Å². The van der Waals surface area contributed by atoms with E-state index in [1.807, 2.05) is 6.92 Å². The number of alkyl halides is 1. The Bertz CT molecular complexity index is 506. The molecule has 2 saturated heterocycles. The number of hydrogen-bond donors (Lipinski definition) is 0. The van der Waals surface area contributed by atoms with E-state index < -0.39 is 24.9 Å². The summed E-state index contributed by atoms with van der Waals surface area (Å²) in [6.45, 7) is 3.03. The lowest BCUT2D eigenvalue weighted by Crippen LogP contribution is -2.38. The van der Waals surface area contributed by atoms with Gasteiger partial charge in [-0.2, -0.15) is 0 Å². The molecule has 124 valence electrons. The van der Waals surface area contributed by atoms with Crippen LogP contribution in [0.5, 0.6) is 5.75 Å². The Morgan fingerprint density at radius 3 is 2.86 bits per heavy atom. The largest absolute Gasteiger partial charge is 0.493 e. The molecular weight excluding hydrogens is 295 g/mol. The predicted molar refractivity (Wildman–Crippen MR) is 73.1 cm³/mol. The minimum absolute atomic E-state index is 0.167. The molecule has 3 heterocycles. The fraction of sp³-hybridized carbons (Fsp3) is 0.733. The van der Waals surface area contributed by atoms with Crippen LogP contribution in [0.25, 0.3) is 0 Å². The molecule has 0 aliphatic carbocycles.